The van der Waals surface area contributed by atoms with Gasteiger partial charge in [-0.25, -0.2) is 9.37 Å². The van der Waals surface area contributed by atoms with E-state index < -0.39 is 12.6 Å². The zero-order valence-corrected chi connectivity index (χ0v) is 18.0. The second kappa shape index (κ2) is 10.8. The summed E-state index contributed by atoms with van der Waals surface area (Å²) in [4.78, 5) is 19.0. The molecule has 1 aliphatic carbocycles. The molecule has 9 heteroatoms. The van der Waals surface area contributed by atoms with Crippen LogP contribution >= 0.6 is 0 Å². The van der Waals surface area contributed by atoms with Crippen LogP contribution in [0.5, 0.6) is 11.5 Å². The number of nitrogens with zero attached hydrogens (tertiary/aromatic N) is 1. The molecule has 32 heavy (non-hydrogen) atoms. The Kier molecular flexibility index (Phi) is 7.88. The van der Waals surface area contributed by atoms with Gasteiger partial charge in [-0.2, -0.15) is 0 Å². The number of carbonyl (C=O) groups excluding carboxylic acids is 1. The number of ketones is 1. The molecule has 172 valence electrons. The number of anilines is 1. The normalized spacial score (nSPS) is 18.2. The van der Waals surface area contributed by atoms with Gasteiger partial charge in [-0.3, -0.25) is 4.79 Å². The van der Waals surface area contributed by atoms with Crippen LogP contribution in [0.25, 0.3) is 0 Å². The molecule has 1 aliphatic rings. The Balaban J connectivity index is 1.74. The van der Waals surface area contributed by atoms with Crippen molar-refractivity contribution in [1.29, 1.82) is 0 Å². The number of aliphatic hydroxyl groups excluding tert-OH is 1. The molecule has 1 aromatic heterocycles. The lowest BCUT2D eigenvalue weighted by molar-refractivity contribution is -0.120. The van der Waals surface area contributed by atoms with Gasteiger partial charge >= 0.3 is 0 Å². The predicted octanol–water partition coefficient (Wildman–Crippen LogP) is 3.28. The number of carbonyl (C=O) groups is 1. The summed E-state index contributed by atoms with van der Waals surface area (Å²) < 4.78 is 31.0. The summed E-state index contributed by atoms with van der Waals surface area (Å²) in [5.41, 5.74) is 6.70. The first-order chi connectivity index (χ1) is 15.4. The van der Waals surface area contributed by atoms with Crippen LogP contribution in [0.4, 0.5) is 10.3 Å². The maximum atomic E-state index is 14.7. The molecule has 2 aromatic rings. The molecule has 0 saturated heterocycles. The molecule has 2 atom stereocenters. The fourth-order valence-electron chi connectivity index (χ4n) is 3.84. The van der Waals surface area contributed by atoms with Crippen molar-refractivity contribution >= 4 is 11.7 Å². The molecular weight excluding hydrogens is 417 g/mol. The minimum absolute atomic E-state index is 0.0460. The number of aryl methyl sites for hydroxylation is 1. The number of H-pyrrole nitrogens is 1. The van der Waals surface area contributed by atoms with Crippen LogP contribution < -0.4 is 15.2 Å². The maximum Gasteiger partial charge on any atom is 0.197 e. The number of halogens is 1. The number of benzene rings is 1. The van der Waals surface area contributed by atoms with Gasteiger partial charge in [-0.05, 0) is 37.3 Å². The Bertz CT molecular complexity index is 988. The highest BCUT2D eigenvalue weighted by molar-refractivity contribution is 5.93. The quantitative estimate of drug-likeness (QED) is 0.359. The van der Waals surface area contributed by atoms with Crippen LogP contribution in [0.15, 0.2) is 42.8 Å². The molecular formula is C23H28FN3O5. The highest BCUT2D eigenvalue weighted by atomic mass is 19.1. The molecule has 0 amide bonds. The molecule has 0 spiro atoms. The van der Waals surface area contributed by atoms with Gasteiger partial charge in [-0.15, -0.1) is 6.58 Å². The number of imidazole rings is 1. The zero-order chi connectivity index (χ0) is 23.1. The predicted molar refractivity (Wildman–Crippen MR) is 116 cm³/mol. The van der Waals surface area contributed by atoms with Crippen molar-refractivity contribution in [2.24, 2.45) is 11.8 Å². The summed E-state index contributed by atoms with van der Waals surface area (Å²) >= 11 is 0. The van der Waals surface area contributed by atoms with E-state index in [0.717, 1.165) is 0 Å². The lowest BCUT2D eigenvalue weighted by Gasteiger charge is -2.28. The molecule has 0 radical (unpaired) electrons. The van der Waals surface area contributed by atoms with Crippen LogP contribution in [0.3, 0.4) is 0 Å². The van der Waals surface area contributed by atoms with Crippen LogP contribution in [-0.2, 0) is 22.6 Å². The van der Waals surface area contributed by atoms with E-state index in [2.05, 4.69) is 16.5 Å². The van der Waals surface area contributed by atoms with E-state index in [0.29, 0.717) is 48.4 Å². The number of hydrogen-bond acceptors (Lipinski definition) is 7. The highest BCUT2D eigenvalue weighted by Crippen LogP contribution is 2.35. The van der Waals surface area contributed by atoms with E-state index in [9.17, 15) is 14.3 Å². The van der Waals surface area contributed by atoms with Gasteiger partial charge in [0.2, 0.25) is 0 Å². The second-order valence-corrected chi connectivity index (χ2v) is 7.59. The number of nitrogen functional groups attached to an aromatic ring is 1. The third-order valence-electron chi connectivity index (χ3n) is 5.47. The van der Waals surface area contributed by atoms with Gasteiger partial charge in [0.25, 0.3) is 0 Å². The summed E-state index contributed by atoms with van der Waals surface area (Å²) in [5.74, 6) is 0.609. The first-order valence-electron chi connectivity index (χ1n) is 10.3. The summed E-state index contributed by atoms with van der Waals surface area (Å²) in [5, 5.41) is 9.17. The molecule has 4 N–H and O–H groups in total. The van der Waals surface area contributed by atoms with Crippen molar-refractivity contribution in [3.63, 3.8) is 0 Å². The summed E-state index contributed by atoms with van der Waals surface area (Å²) in [7, 11) is 1.44. The monoisotopic (exact) mass is 445 g/mol. The SMILES string of the molecule is C=CCC1CC(CCc2cc(OCc3cnc(N)[nH]3)c(OC)cc2F)C(OCO)=CC1=O. The topological polar surface area (TPSA) is 120 Å². The number of ether oxygens (including phenoxy) is 3. The third-order valence-corrected chi connectivity index (χ3v) is 5.47. The van der Waals surface area contributed by atoms with Crippen molar-refractivity contribution in [1.82, 2.24) is 9.97 Å². The molecule has 0 bridgehead atoms. The Morgan fingerprint density at radius 2 is 2.16 bits per heavy atom. The fraction of sp³-hybridized carbons (Fsp3) is 0.391. The molecule has 0 saturated carbocycles. The van der Waals surface area contributed by atoms with Crippen LogP contribution in [0.1, 0.15) is 30.5 Å². The van der Waals surface area contributed by atoms with Gasteiger partial charge in [0.1, 0.15) is 18.2 Å². The Labute approximate surface area is 185 Å². The van der Waals surface area contributed by atoms with E-state index in [1.807, 2.05) is 0 Å². The Morgan fingerprint density at radius 3 is 2.81 bits per heavy atom. The molecule has 3 rings (SSSR count). The van der Waals surface area contributed by atoms with Crippen molar-refractivity contribution < 1.29 is 28.5 Å². The van der Waals surface area contributed by atoms with E-state index in [4.69, 9.17) is 19.9 Å². The number of aliphatic hydroxyl groups is 1. The number of nitrogens with two attached hydrogens (primary N) is 1. The van der Waals surface area contributed by atoms with Crippen molar-refractivity contribution in [2.45, 2.75) is 32.3 Å². The maximum absolute atomic E-state index is 14.7. The largest absolute Gasteiger partial charge is 0.493 e. The first-order valence-corrected chi connectivity index (χ1v) is 10.3. The summed E-state index contributed by atoms with van der Waals surface area (Å²) in [6.45, 7) is 3.35. The van der Waals surface area contributed by atoms with Gasteiger partial charge in [0, 0.05) is 24.0 Å². The minimum Gasteiger partial charge on any atom is -0.493 e. The lowest BCUT2D eigenvalue weighted by Crippen LogP contribution is -2.25. The number of aromatic amines is 1. The average Bonchev–Trinajstić information content (AvgIpc) is 3.19. The number of nitrogens with one attached hydrogen (secondary N) is 1. The lowest BCUT2D eigenvalue weighted by atomic mass is 9.80. The summed E-state index contributed by atoms with van der Waals surface area (Å²) in [6, 6.07) is 2.90. The smallest absolute Gasteiger partial charge is 0.197 e. The van der Waals surface area contributed by atoms with Gasteiger partial charge in [-0.1, -0.05) is 6.08 Å². The van der Waals surface area contributed by atoms with Crippen molar-refractivity contribution in [3.8, 4) is 11.5 Å². The molecule has 1 aromatic carbocycles. The van der Waals surface area contributed by atoms with Gasteiger partial charge in [0.05, 0.1) is 19.0 Å². The second-order valence-electron chi connectivity index (χ2n) is 7.59. The van der Waals surface area contributed by atoms with Crippen LogP contribution in [0.2, 0.25) is 0 Å². The van der Waals surface area contributed by atoms with E-state index in [-0.39, 0.29) is 35.9 Å². The molecule has 0 aliphatic heterocycles. The number of hydrogen-bond donors (Lipinski definition) is 3. The first kappa shape index (κ1) is 23.3. The molecule has 0 fully saturated rings. The number of methoxy groups -OCH3 is 1. The number of aromatic nitrogens is 2. The van der Waals surface area contributed by atoms with E-state index in [1.54, 1.807) is 18.3 Å². The van der Waals surface area contributed by atoms with E-state index in [1.165, 1.54) is 19.3 Å². The summed E-state index contributed by atoms with van der Waals surface area (Å²) in [6.07, 6.45) is 6.75. The van der Waals surface area contributed by atoms with E-state index >= 15 is 0 Å². The number of allylic oxidation sites excluding steroid dienone is 3. The highest BCUT2D eigenvalue weighted by Gasteiger charge is 2.30. The Hall–Kier alpha value is -3.33. The average molecular weight is 445 g/mol. The zero-order valence-electron chi connectivity index (χ0n) is 18.0. The fourth-order valence-corrected chi connectivity index (χ4v) is 3.84. The third kappa shape index (κ3) is 5.67. The van der Waals surface area contributed by atoms with Crippen LogP contribution in [0, 0.1) is 17.7 Å². The number of rotatable bonds is 11. The molecule has 2 unspecified atom stereocenters. The van der Waals surface area contributed by atoms with Crippen molar-refractivity contribution in [3.05, 3.63) is 59.9 Å². The van der Waals surface area contributed by atoms with Crippen LogP contribution in [-0.4, -0.2) is 34.8 Å². The van der Waals surface area contributed by atoms with Crippen molar-refractivity contribution in [2.75, 3.05) is 19.6 Å². The van der Waals surface area contributed by atoms with Gasteiger partial charge in [0.15, 0.2) is 30.0 Å². The molecule has 1 heterocycles. The standard InChI is InChI=1S/C23H28FN3O5/c1-3-4-15-7-16(20(32-13-28)10-19(15)29)6-5-14-8-22(21(30-2)9-18(14)24)31-12-17-11-26-23(25)27-17/h3,8-11,15-16,28H,1,4-7,12-13H2,2H3,(H3,25,26,27). The Morgan fingerprint density at radius 1 is 1.34 bits per heavy atom. The minimum atomic E-state index is -0.519. The van der Waals surface area contributed by atoms with Gasteiger partial charge < -0.3 is 30.0 Å². The molecule has 8 nitrogen and oxygen atoms in total.